The van der Waals surface area contributed by atoms with Gasteiger partial charge in [-0.2, -0.15) is 0 Å². The van der Waals surface area contributed by atoms with Crippen molar-refractivity contribution in [3.8, 4) is 0 Å². The van der Waals surface area contributed by atoms with Crippen molar-refractivity contribution in [2.75, 3.05) is 12.4 Å². The Labute approximate surface area is 192 Å². The first-order valence-electron chi connectivity index (χ1n) is 9.56. The molecule has 0 atom stereocenters. The minimum absolute atomic E-state index is 0.0660. The number of aryl methyl sites for hydroxylation is 3. The minimum Gasteiger partial charge on any atom is -0.337 e. The molecule has 0 saturated carbocycles. The second-order valence-electron chi connectivity index (χ2n) is 7.40. The maximum Gasteiger partial charge on any atom is 0.257 e. The van der Waals surface area contributed by atoms with Gasteiger partial charge in [0, 0.05) is 40.0 Å². The summed E-state index contributed by atoms with van der Waals surface area (Å²) in [5, 5.41) is 2.68. The minimum atomic E-state index is -0.789. The van der Waals surface area contributed by atoms with Crippen LogP contribution in [0.5, 0.6) is 0 Å². The molecule has 0 fully saturated rings. The average molecular weight is 481 g/mol. The van der Waals surface area contributed by atoms with Gasteiger partial charge < -0.3 is 10.2 Å². The van der Waals surface area contributed by atoms with Crippen LogP contribution in [0.1, 0.15) is 41.6 Å². The van der Waals surface area contributed by atoms with Gasteiger partial charge in [-0.25, -0.2) is 13.2 Å². The number of carbonyl (C=O) groups is 2. The molecule has 32 heavy (non-hydrogen) atoms. The molecule has 1 N–H and O–H groups in total. The number of halogens is 4. The molecule has 0 spiro atoms. The molecule has 1 heterocycles. The lowest BCUT2D eigenvalue weighted by Crippen LogP contribution is -2.29. The van der Waals surface area contributed by atoms with Crippen LogP contribution in [0.4, 0.5) is 18.9 Å². The number of anilines is 1. The second-order valence-corrected chi connectivity index (χ2v) is 9.26. The van der Waals surface area contributed by atoms with Gasteiger partial charge in [-0.3, -0.25) is 9.59 Å². The fourth-order valence-corrected chi connectivity index (χ4v) is 4.57. The Hall–Kier alpha value is -2.84. The fraction of sp³-hybridized carbons (Fsp3) is 0.217. The Morgan fingerprint density at radius 1 is 0.969 bits per heavy atom. The Balaban J connectivity index is 1.92. The van der Waals surface area contributed by atoms with E-state index in [1.54, 1.807) is 13.8 Å². The molecule has 0 bridgehead atoms. The van der Waals surface area contributed by atoms with Crippen LogP contribution in [0, 0.1) is 38.2 Å². The van der Waals surface area contributed by atoms with Crippen LogP contribution in [0.3, 0.4) is 0 Å². The summed E-state index contributed by atoms with van der Waals surface area (Å²) in [6.45, 7) is 4.68. The molecule has 0 aliphatic heterocycles. The smallest absolute Gasteiger partial charge is 0.257 e. The maximum atomic E-state index is 14.2. The summed E-state index contributed by atoms with van der Waals surface area (Å²) in [7, 11) is 1.48. The summed E-state index contributed by atoms with van der Waals surface area (Å²) < 4.78 is 42.2. The molecule has 0 aliphatic rings. The van der Waals surface area contributed by atoms with Gasteiger partial charge >= 0.3 is 0 Å². The van der Waals surface area contributed by atoms with E-state index in [0.717, 1.165) is 12.1 Å². The number of nitrogens with one attached hydrogen (secondary N) is 1. The molecule has 0 unspecified atom stereocenters. The number of amides is 2. The third-order valence-electron chi connectivity index (χ3n) is 4.96. The van der Waals surface area contributed by atoms with Gasteiger partial charge in [-0.1, -0.05) is 11.6 Å². The van der Waals surface area contributed by atoms with Gasteiger partial charge in [-0.05, 0) is 50.6 Å². The predicted octanol–water partition coefficient (Wildman–Crippen LogP) is 6.27. The van der Waals surface area contributed by atoms with Gasteiger partial charge in [0.1, 0.15) is 17.5 Å². The zero-order valence-electron chi connectivity index (χ0n) is 17.8. The summed E-state index contributed by atoms with van der Waals surface area (Å²) >= 11 is 7.15. The Kier molecular flexibility index (Phi) is 6.95. The Morgan fingerprint density at radius 3 is 2.31 bits per heavy atom. The van der Waals surface area contributed by atoms with Gasteiger partial charge in [0.05, 0.1) is 16.8 Å². The molecule has 1 aromatic heterocycles. The zero-order chi connectivity index (χ0) is 23.7. The van der Waals surface area contributed by atoms with Crippen molar-refractivity contribution in [3.63, 3.8) is 0 Å². The SMILES string of the molecule is Cc1cc(F)c(NC(=O)c2c(C)sc(C)c2C(=O)N(C)Cc2cc(Cl)ccc2F)cc1F. The topological polar surface area (TPSA) is 49.4 Å². The van der Waals surface area contributed by atoms with Crippen molar-refractivity contribution in [3.05, 3.63) is 84.8 Å². The average Bonchev–Trinajstić information content (AvgIpc) is 3.01. The van der Waals surface area contributed by atoms with Crippen molar-refractivity contribution in [1.82, 2.24) is 4.90 Å². The maximum absolute atomic E-state index is 14.2. The van der Waals surface area contributed by atoms with E-state index in [2.05, 4.69) is 5.32 Å². The normalized spacial score (nSPS) is 10.9. The van der Waals surface area contributed by atoms with Crippen LogP contribution in [0.2, 0.25) is 5.02 Å². The number of hydrogen-bond donors (Lipinski definition) is 1. The quantitative estimate of drug-likeness (QED) is 0.468. The van der Waals surface area contributed by atoms with Crippen LogP contribution in [0.15, 0.2) is 30.3 Å². The van der Waals surface area contributed by atoms with E-state index in [0.29, 0.717) is 14.8 Å². The van der Waals surface area contributed by atoms with Crippen molar-refractivity contribution < 1.29 is 22.8 Å². The van der Waals surface area contributed by atoms with E-state index in [-0.39, 0.29) is 34.5 Å². The highest BCUT2D eigenvalue weighted by Crippen LogP contribution is 2.30. The summed E-state index contributed by atoms with van der Waals surface area (Å²) in [6, 6.07) is 5.92. The molecular formula is C23H20ClF3N2O2S. The highest BCUT2D eigenvalue weighted by Gasteiger charge is 2.28. The van der Waals surface area contributed by atoms with Crippen molar-refractivity contribution in [1.29, 1.82) is 0 Å². The fourth-order valence-electron chi connectivity index (χ4n) is 3.32. The van der Waals surface area contributed by atoms with Crippen LogP contribution in [-0.4, -0.2) is 23.8 Å². The number of hydrogen-bond acceptors (Lipinski definition) is 3. The summed E-state index contributed by atoms with van der Waals surface area (Å²) in [5.41, 5.74) is 0.197. The summed E-state index contributed by atoms with van der Waals surface area (Å²) in [6.07, 6.45) is 0. The molecular weight excluding hydrogens is 461 g/mol. The molecule has 0 aliphatic carbocycles. The molecule has 2 aromatic carbocycles. The predicted molar refractivity (Wildman–Crippen MR) is 120 cm³/mol. The van der Waals surface area contributed by atoms with Crippen molar-refractivity contribution >= 4 is 40.4 Å². The molecule has 0 radical (unpaired) electrons. The molecule has 3 rings (SSSR count). The van der Waals surface area contributed by atoms with Gasteiger partial charge in [0.25, 0.3) is 11.8 Å². The zero-order valence-corrected chi connectivity index (χ0v) is 19.4. The van der Waals surface area contributed by atoms with E-state index in [4.69, 9.17) is 11.6 Å². The molecule has 0 saturated heterocycles. The van der Waals surface area contributed by atoms with E-state index in [1.165, 1.54) is 48.4 Å². The third kappa shape index (κ3) is 4.81. The number of benzene rings is 2. The lowest BCUT2D eigenvalue weighted by molar-refractivity contribution is 0.0778. The molecule has 4 nitrogen and oxygen atoms in total. The van der Waals surface area contributed by atoms with Crippen LogP contribution < -0.4 is 5.32 Å². The lowest BCUT2D eigenvalue weighted by atomic mass is 10.1. The van der Waals surface area contributed by atoms with Crippen LogP contribution >= 0.6 is 22.9 Å². The van der Waals surface area contributed by atoms with E-state index < -0.39 is 29.3 Å². The molecule has 3 aromatic rings. The number of rotatable bonds is 5. The van der Waals surface area contributed by atoms with E-state index in [9.17, 15) is 22.8 Å². The van der Waals surface area contributed by atoms with Crippen LogP contribution in [0.25, 0.3) is 0 Å². The van der Waals surface area contributed by atoms with Crippen LogP contribution in [-0.2, 0) is 6.54 Å². The lowest BCUT2D eigenvalue weighted by Gasteiger charge is -2.19. The van der Waals surface area contributed by atoms with Gasteiger partial charge in [-0.15, -0.1) is 11.3 Å². The monoisotopic (exact) mass is 480 g/mol. The number of thiophene rings is 1. The Morgan fingerprint density at radius 2 is 1.62 bits per heavy atom. The van der Waals surface area contributed by atoms with Crippen molar-refractivity contribution in [2.45, 2.75) is 27.3 Å². The van der Waals surface area contributed by atoms with E-state index >= 15 is 0 Å². The third-order valence-corrected chi connectivity index (χ3v) is 6.22. The summed E-state index contributed by atoms with van der Waals surface area (Å²) in [5.74, 6) is -3.21. The van der Waals surface area contributed by atoms with Gasteiger partial charge in [0.15, 0.2) is 0 Å². The Bertz CT molecular complexity index is 1230. The first kappa shape index (κ1) is 23.8. The van der Waals surface area contributed by atoms with Gasteiger partial charge in [0.2, 0.25) is 0 Å². The number of carbonyl (C=O) groups excluding carboxylic acids is 2. The second kappa shape index (κ2) is 9.34. The largest absolute Gasteiger partial charge is 0.337 e. The molecule has 9 heteroatoms. The van der Waals surface area contributed by atoms with E-state index in [1.807, 2.05) is 0 Å². The highest BCUT2D eigenvalue weighted by atomic mass is 35.5. The summed E-state index contributed by atoms with van der Waals surface area (Å²) in [4.78, 5) is 28.5. The standard InChI is InChI=1S/C23H20ClF3N2O2S/c1-11-7-18(27)19(9-17(11)26)28-22(30)20-12(2)32-13(3)21(20)23(31)29(4)10-14-8-15(24)5-6-16(14)25/h5-9H,10H2,1-4H3,(H,28,30). The first-order valence-corrected chi connectivity index (χ1v) is 10.8. The van der Waals surface area contributed by atoms with Crippen molar-refractivity contribution in [2.24, 2.45) is 0 Å². The molecule has 2 amide bonds. The number of nitrogens with zero attached hydrogens (tertiary/aromatic N) is 1. The highest BCUT2D eigenvalue weighted by molar-refractivity contribution is 7.12. The molecule has 168 valence electrons. The first-order chi connectivity index (χ1) is 15.0.